The number of aromatic nitrogens is 1. The van der Waals surface area contributed by atoms with E-state index in [-0.39, 0.29) is 11.8 Å². The van der Waals surface area contributed by atoms with Crippen molar-refractivity contribution in [1.29, 1.82) is 0 Å². The zero-order valence-corrected chi connectivity index (χ0v) is 13.5. The second-order valence-corrected chi connectivity index (χ2v) is 5.77. The van der Waals surface area contributed by atoms with Crippen LogP contribution in [0.25, 0.3) is 0 Å². The molecule has 6 nitrogen and oxygen atoms in total. The number of hydrogen-bond acceptors (Lipinski definition) is 4. The summed E-state index contributed by atoms with van der Waals surface area (Å²) in [7, 11) is 0. The number of nitrogens with one attached hydrogen (secondary N) is 1. The fourth-order valence-corrected chi connectivity index (χ4v) is 2.76. The van der Waals surface area contributed by atoms with E-state index in [0.717, 1.165) is 29.0 Å². The molecule has 1 aliphatic heterocycles. The molecule has 2 heterocycles. The van der Waals surface area contributed by atoms with Crippen LogP contribution in [0.15, 0.2) is 41.4 Å². The zero-order valence-electron chi connectivity index (χ0n) is 13.5. The van der Waals surface area contributed by atoms with Crippen LogP contribution in [-0.2, 0) is 24.3 Å². The minimum atomic E-state index is -0.221. The van der Waals surface area contributed by atoms with Gasteiger partial charge in [-0.25, -0.2) is 0 Å². The lowest BCUT2D eigenvalue weighted by atomic mass is 10.0. The van der Waals surface area contributed by atoms with Gasteiger partial charge in [0.25, 0.3) is 5.91 Å². The molecule has 2 aromatic rings. The van der Waals surface area contributed by atoms with Crippen LogP contribution in [-0.4, -0.2) is 28.4 Å². The second kappa shape index (κ2) is 6.70. The van der Waals surface area contributed by atoms with Gasteiger partial charge in [-0.05, 0) is 37.1 Å². The highest BCUT2D eigenvalue weighted by Gasteiger charge is 2.26. The molecule has 0 radical (unpaired) electrons. The first kappa shape index (κ1) is 16.0. The number of carbonyl (C=O) groups is 2. The molecule has 1 N–H and O–H groups in total. The fourth-order valence-electron chi connectivity index (χ4n) is 2.76. The number of rotatable bonds is 4. The standard InChI is InChI=1S/C18H19N3O3/c1-3-17(22)19-10-13-4-6-14(7-5-13)18(23)21-9-8-15-12(2)20-24-16(15)11-21/h3-7H,1,8-11H2,2H3,(H,19,22). The van der Waals surface area contributed by atoms with Crippen molar-refractivity contribution >= 4 is 11.8 Å². The van der Waals surface area contributed by atoms with E-state index in [4.69, 9.17) is 4.52 Å². The summed E-state index contributed by atoms with van der Waals surface area (Å²) >= 11 is 0. The van der Waals surface area contributed by atoms with Crippen molar-refractivity contribution < 1.29 is 14.1 Å². The first-order chi connectivity index (χ1) is 11.6. The van der Waals surface area contributed by atoms with Gasteiger partial charge < -0.3 is 14.7 Å². The lowest BCUT2D eigenvalue weighted by Crippen LogP contribution is -2.35. The molecule has 0 saturated heterocycles. The number of nitrogens with zero attached hydrogens (tertiary/aromatic N) is 2. The first-order valence-electron chi connectivity index (χ1n) is 7.81. The van der Waals surface area contributed by atoms with Gasteiger partial charge in [0, 0.05) is 24.2 Å². The summed E-state index contributed by atoms with van der Waals surface area (Å²) in [6, 6.07) is 7.23. The maximum Gasteiger partial charge on any atom is 0.254 e. The molecule has 0 bridgehead atoms. The van der Waals surface area contributed by atoms with Gasteiger partial charge >= 0.3 is 0 Å². The van der Waals surface area contributed by atoms with Gasteiger partial charge in [0.15, 0.2) is 5.76 Å². The third-order valence-electron chi connectivity index (χ3n) is 4.17. The fraction of sp³-hybridized carbons (Fsp3) is 0.278. The number of aryl methyl sites for hydroxylation is 1. The van der Waals surface area contributed by atoms with E-state index < -0.39 is 0 Å². The monoisotopic (exact) mass is 325 g/mol. The average molecular weight is 325 g/mol. The van der Waals surface area contributed by atoms with E-state index in [9.17, 15) is 9.59 Å². The van der Waals surface area contributed by atoms with Crippen LogP contribution < -0.4 is 5.32 Å². The smallest absolute Gasteiger partial charge is 0.254 e. The molecule has 1 aliphatic rings. The lowest BCUT2D eigenvalue weighted by Gasteiger charge is -2.25. The summed E-state index contributed by atoms with van der Waals surface area (Å²) in [5.41, 5.74) is 3.57. The Morgan fingerprint density at radius 3 is 2.83 bits per heavy atom. The molecule has 1 aromatic heterocycles. The minimum absolute atomic E-state index is 0.0311. The Kier molecular flexibility index (Phi) is 4.46. The van der Waals surface area contributed by atoms with Crippen LogP contribution in [0.5, 0.6) is 0 Å². The summed E-state index contributed by atoms with van der Waals surface area (Å²) in [6.07, 6.45) is 2.00. The van der Waals surface area contributed by atoms with Crippen molar-refractivity contribution in [3.8, 4) is 0 Å². The van der Waals surface area contributed by atoms with E-state index in [0.29, 0.717) is 25.2 Å². The Balaban J connectivity index is 1.65. The maximum absolute atomic E-state index is 12.6. The van der Waals surface area contributed by atoms with Gasteiger partial charge in [-0.15, -0.1) is 0 Å². The van der Waals surface area contributed by atoms with Gasteiger partial charge in [-0.1, -0.05) is 23.9 Å². The molecule has 1 aromatic carbocycles. The number of hydrogen-bond donors (Lipinski definition) is 1. The Labute approximate surface area is 140 Å². The third kappa shape index (κ3) is 3.22. The van der Waals surface area contributed by atoms with E-state index in [1.165, 1.54) is 6.08 Å². The molecule has 0 saturated carbocycles. The molecule has 124 valence electrons. The second-order valence-electron chi connectivity index (χ2n) is 5.77. The molecular weight excluding hydrogens is 306 g/mol. The molecule has 0 spiro atoms. The highest BCUT2D eigenvalue weighted by Crippen LogP contribution is 2.23. The van der Waals surface area contributed by atoms with Crippen molar-refractivity contribution in [2.75, 3.05) is 6.54 Å². The van der Waals surface area contributed by atoms with Crippen LogP contribution in [0.3, 0.4) is 0 Å². The molecule has 0 unspecified atom stereocenters. The van der Waals surface area contributed by atoms with Crippen LogP contribution in [0.4, 0.5) is 0 Å². The van der Waals surface area contributed by atoms with E-state index >= 15 is 0 Å². The van der Waals surface area contributed by atoms with Crippen LogP contribution in [0, 0.1) is 6.92 Å². The lowest BCUT2D eigenvalue weighted by molar-refractivity contribution is -0.116. The predicted molar refractivity (Wildman–Crippen MR) is 88.2 cm³/mol. The van der Waals surface area contributed by atoms with Crippen molar-refractivity contribution in [1.82, 2.24) is 15.4 Å². The van der Waals surface area contributed by atoms with Gasteiger partial charge in [-0.2, -0.15) is 0 Å². The summed E-state index contributed by atoms with van der Waals surface area (Å²) < 4.78 is 5.29. The Morgan fingerprint density at radius 2 is 2.12 bits per heavy atom. The number of fused-ring (bicyclic) bond motifs is 1. The van der Waals surface area contributed by atoms with E-state index in [1.807, 2.05) is 19.1 Å². The van der Waals surface area contributed by atoms with Gasteiger partial charge in [-0.3, -0.25) is 9.59 Å². The van der Waals surface area contributed by atoms with Gasteiger partial charge in [0.1, 0.15) is 0 Å². The topological polar surface area (TPSA) is 75.4 Å². The quantitative estimate of drug-likeness (QED) is 0.872. The maximum atomic E-state index is 12.6. The summed E-state index contributed by atoms with van der Waals surface area (Å²) in [6.45, 7) is 6.84. The van der Waals surface area contributed by atoms with Crippen molar-refractivity contribution in [2.45, 2.75) is 26.4 Å². The Bertz CT molecular complexity index is 777. The third-order valence-corrected chi connectivity index (χ3v) is 4.17. The molecule has 3 rings (SSSR count). The summed E-state index contributed by atoms with van der Waals surface area (Å²) in [5, 5.41) is 6.67. The number of benzene rings is 1. The molecule has 2 amide bonds. The summed E-state index contributed by atoms with van der Waals surface area (Å²) in [4.78, 5) is 25.6. The van der Waals surface area contributed by atoms with E-state index in [2.05, 4.69) is 17.1 Å². The molecule has 24 heavy (non-hydrogen) atoms. The Hall–Kier alpha value is -2.89. The molecule has 0 fully saturated rings. The van der Waals surface area contributed by atoms with Crippen LogP contribution in [0.1, 0.15) is 32.9 Å². The first-order valence-corrected chi connectivity index (χ1v) is 7.81. The van der Waals surface area contributed by atoms with Gasteiger partial charge in [0.2, 0.25) is 5.91 Å². The molecule has 0 aliphatic carbocycles. The molecule has 6 heteroatoms. The van der Waals surface area contributed by atoms with Crippen molar-refractivity contribution in [3.05, 3.63) is 65.1 Å². The Morgan fingerprint density at radius 1 is 1.38 bits per heavy atom. The minimum Gasteiger partial charge on any atom is -0.359 e. The zero-order chi connectivity index (χ0) is 17.1. The van der Waals surface area contributed by atoms with E-state index in [1.54, 1.807) is 17.0 Å². The highest BCUT2D eigenvalue weighted by molar-refractivity contribution is 5.94. The molecule has 0 atom stereocenters. The number of carbonyl (C=O) groups excluding carboxylic acids is 2. The largest absolute Gasteiger partial charge is 0.359 e. The average Bonchev–Trinajstić information content (AvgIpc) is 3.00. The van der Waals surface area contributed by atoms with Crippen LogP contribution >= 0.6 is 0 Å². The number of amides is 2. The van der Waals surface area contributed by atoms with Crippen molar-refractivity contribution in [2.24, 2.45) is 0 Å². The SMILES string of the molecule is C=CC(=O)NCc1ccc(C(=O)N2CCc3c(C)noc3C2)cc1. The summed E-state index contributed by atoms with van der Waals surface area (Å²) in [5.74, 6) is 0.522. The normalized spacial score (nSPS) is 13.3. The highest BCUT2D eigenvalue weighted by atomic mass is 16.5. The van der Waals surface area contributed by atoms with Gasteiger partial charge in [0.05, 0.1) is 12.2 Å². The molecular formula is C18H19N3O3. The van der Waals surface area contributed by atoms with Crippen molar-refractivity contribution in [3.63, 3.8) is 0 Å². The van der Waals surface area contributed by atoms with Crippen LogP contribution in [0.2, 0.25) is 0 Å². The predicted octanol–water partition coefficient (Wildman–Crippen LogP) is 1.98.